The van der Waals surface area contributed by atoms with Crippen LogP contribution in [0.4, 0.5) is 19.0 Å². The first-order valence-electron chi connectivity index (χ1n) is 7.48. The number of rotatable bonds is 4. The number of nitrogens with zero attached hydrogens (tertiary/aromatic N) is 3. The van der Waals surface area contributed by atoms with Crippen LogP contribution in [0.1, 0.15) is 16.1 Å². The van der Waals surface area contributed by atoms with Crippen molar-refractivity contribution >= 4 is 11.7 Å². The number of aromatic nitrogens is 3. The zero-order chi connectivity index (χ0) is 19.6. The molecular weight excluding hydrogens is 363 g/mol. The topological polar surface area (TPSA) is 117 Å². The zero-order valence-corrected chi connectivity index (χ0v) is 13.6. The van der Waals surface area contributed by atoms with E-state index in [1.54, 1.807) is 24.3 Å². The predicted molar refractivity (Wildman–Crippen MR) is 89.7 cm³/mol. The number of ether oxygens (including phenoxy) is 1. The molecule has 0 aliphatic heterocycles. The molecule has 0 spiro atoms. The van der Waals surface area contributed by atoms with Gasteiger partial charge in [-0.25, -0.2) is 15.0 Å². The Labute approximate surface area is 150 Å². The number of carbonyl (C=O) groups is 1. The lowest BCUT2D eigenvalue weighted by Crippen LogP contribution is -2.14. The quantitative estimate of drug-likeness (QED) is 0.724. The van der Waals surface area contributed by atoms with Crippen molar-refractivity contribution in [3.8, 4) is 23.0 Å². The third kappa shape index (κ3) is 4.29. The number of nitrogens with two attached hydrogens (primary N) is 2. The van der Waals surface area contributed by atoms with E-state index in [0.29, 0.717) is 17.5 Å². The van der Waals surface area contributed by atoms with Crippen molar-refractivity contribution < 1.29 is 22.7 Å². The van der Waals surface area contributed by atoms with Crippen LogP contribution in [0.25, 0.3) is 11.4 Å². The number of amides is 1. The summed E-state index contributed by atoms with van der Waals surface area (Å²) in [7, 11) is 0. The summed E-state index contributed by atoms with van der Waals surface area (Å²) in [6.07, 6.45) is -3.77. The second kappa shape index (κ2) is 6.90. The predicted octanol–water partition coefficient (Wildman–Crippen LogP) is 3.03. The Kier molecular flexibility index (Phi) is 4.63. The van der Waals surface area contributed by atoms with Gasteiger partial charge >= 0.3 is 6.18 Å². The molecule has 0 unspecified atom stereocenters. The second-order valence-corrected chi connectivity index (χ2v) is 5.38. The molecule has 0 radical (unpaired) electrons. The van der Waals surface area contributed by atoms with Gasteiger partial charge in [0.15, 0.2) is 5.82 Å². The normalized spacial score (nSPS) is 11.2. The molecular formula is C17H12F3N5O2. The van der Waals surface area contributed by atoms with Crippen molar-refractivity contribution in [3.05, 3.63) is 59.9 Å². The van der Waals surface area contributed by atoms with E-state index in [-0.39, 0.29) is 23.2 Å². The second-order valence-electron chi connectivity index (χ2n) is 5.38. The summed E-state index contributed by atoms with van der Waals surface area (Å²) >= 11 is 0. The third-order valence-corrected chi connectivity index (χ3v) is 3.40. The Hall–Kier alpha value is -3.69. The van der Waals surface area contributed by atoms with Crippen molar-refractivity contribution in [1.29, 1.82) is 0 Å². The summed E-state index contributed by atoms with van der Waals surface area (Å²) in [5.74, 6) is -0.109. The molecule has 0 saturated heterocycles. The smallest absolute Gasteiger partial charge is 0.417 e. The number of benzene rings is 1. The minimum Gasteiger partial charge on any atom is -0.439 e. The van der Waals surface area contributed by atoms with Crippen LogP contribution >= 0.6 is 0 Å². The van der Waals surface area contributed by atoms with Crippen LogP contribution < -0.4 is 16.2 Å². The van der Waals surface area contributed by atoms with Crippen LogP contribution in [0.3, 0.4) is 0 Å². The van der Waals surface area contributed by atoms with Gasteiger partial charge in [-0.15, -0.1) is 0 Å². The highest BCUT2D eigenvalue weighted by Gasteiger charge is 2.30. The number of hydrogen-bond donors (Lipinski definition) is 2. The van der Waals surface area contributed by atoms with Crippen molar-refractivity contribution in [2.45, 2.75) is 6.18 Å². The Bertz CT molecular complexity index is 973. The van der Waals surface area contributed by atoms with Crippen LogP contribution in [0.2, 0.25) is 0 Å². The molecule has 3 aromatic rings. The molecule has 0 bridgehead atoms. The zero-order valence-electron chi connectivity index (χ0n) is 13.6. The van der Waals surface area contributed by atoms with Gasteiger partial charge in [0, 0.05) is 23.9 Å². The van der Waals surface area contributed by atoms with Gasteiger partial charge in [0.2, 0.25) is 5.88 Å². The fourth-order valence-corrected chi connectivity index (χ4v) is 2.12. The van der Waals surface area contributed by atoms with E-state index >= 15 is 0 Å². The molecule has 4 N–H and O–H groups in total. The van der Waals surface area contributed by atoms with Crippen molar-refractivity contribution in [2.75, 3.05) is 5.73 Å². The maximum absolute atomic E-state index is 12.5. The van der Waals surface area contributed by atoms with Crippen LogP contribution in [0, 0.1) is 0 Å². The number of nitrogen functional groups attached to an aromatic ring is 1. The molecule has 1 aromatic carbocycles. The molecule has 0 saturated carbocycles. The number of halogens is 3. The Morgan fingerprint density at radius 1 is 1.04 bits per heavy atom. The molecule has 138 valence electrons. The minimum absolute atomic E-state index is 0.00645. The molecule has 27 heavy (non-hydrogen) atoms. The Balaban J connectivity index is 1.79. The SMILES string of the molecule is NC(=O)c1cc(N)nc(-c2ccc(Oc3ccc(C(F)(F)F)cn3)cc2)n1. The average Bonchev–Trinajstić information content (AvgIpc) is 2.61. The van der Waals surface area contributed by atoms with E-state index < -0.39 is 17.6 Å². The summed E-state index contributed by atoms with van der Waals surface area (Å²) < 4.78 is 43.0. The number of anilines is 1. The minimum atomic E-state index is -4.46. The first-order valence-corrected chi connectivity index (χ1v) is 7.48. The largest absolute Gasteiger partial charge is 0.439 e. The van der Waals surface area contributed by atoms with Crippen LogP contribution in [0.5, 0.6) is 11.6 Å². The molecule has 2 aromatic heterocycles. The molecule has 10 heteroatoms. The number of pyridine rings is 1. The average molecular weight is 375 g/mol. The van der Waals surface area contributed by atoms with Gasteiger partial charge in [-0.1, -0.05) is 0 Å². The Morgan fingerprint density at radius 3 is 2.30 bits per heavy atom. The lowest BCUT2D eigenvalue weighted by molar-refractivity contribution is -0.137. The van der Waals surface area contributed by atoms with Gasteiger partial charge < -0.3 is 16.2 Å². The van der Waals surface area contributed by atoms with E-state index in [1.165, 1.54) is 6.07 Å². The summed E-state index contributed by atoms with van der Waals surface area (Å²) in [6, 6.07) is 9.55. The van der Waals surface area contributed by atoms with E-state index in [0.717, 1.165) is 12.1 Å². The number of carbonyl (C=O) groups excluding carboxylic acids is 1. The van der Waals surface area contributed by atoms with E-state index in [9.17, 15) is 18.0 Å². The number of primary amides is 1. The van der Waals surface area contributed by atoms with Crippen molar-refractivity contribution in [3.63, 3.8) is 0 Å². The summed E-state index contributed by atoms with van der Waals surface area (Å²) in [5.41, 5.74) is 10.5. The fourth-order valence-electron chi connectivity index (χ4n) is 2.12. The van der Waals surface area contributed by atoms with Gasteiger partial charge in [0.25, 0.3) is 5.91 Å². The Morgan fingerprint density at radius 2 is 1.74 bits per heavy atom. The molecule has 2 heterocycles. The monoisotopic (exact) mass is 375 g/mol. The summed E-state index contributed by atoms with van der Waals surface area (Å²) in [4.78, 5) is 22.9. The lowest BCUT2D eigenvalue weighted by Gasteiger charge is -2.08. The maximum atomic E-state index is 12.5. The number of alkyl halides is 3. The molecule has 0 fully saturated rings. The molecule has 0 atom stereocenters. The third-order valence-electron chi connectivity index (χ3n) is 3.40. The lowest BCUT2D eigenvalue weighted by atomic mass is 10.2. The van der Waals surface area contributed by atoms with Crippen molar-refractivity contribution in [2.24, 2.45) is 5.73 Å². The van der Waals surface area contributed by atoms with E-state index in [1.807, 2.05) is 0 Å². The summed E-state index contributed by atoms with van der Waals surface area (Å²) in [5, 5.41) is 0. The molecule has 7 nitrogen and oxygen atoms in total. The van der Waals surface area contributed by atoms with Crippen LogP contribution in [-0.4, -0.2) is 20.9 Å². The molecule has 0 aliphatic rings. The first-order chi connectivity index (χ1) is 12.7. The van der Waals surface area contributed by atoms with Crippen molar-refractivity contribution in [1.82, 2.24) is 15.0 Å². The van der Waals surface area contributed by atoms with Gasteiger partial charge in [0.1, 0.15) is 17.3 Å². The molecule has 0 aliphatic carbocycles. The highest BCUT2D eigenvalue weighted by molar-refractivity contribution is 5.91. The standard InChI is InChI=1S/C17H12F3N5O2/c18-17(19,20)10-3-6-14(23-8-10)27-11-4-1-9(2-5-11)16-24-12(15(22)26)7-13(21)25-16/h1-8H,(H2,22,26)(H2,21,24,25). The van der Waals surface area contributed by atoms with Gasteiger partial charge in [-0.3, -0.25) is 4.79 Å². The van der Waals surface area contributed by atoms with Gasteiger partial charge in [-0.05, 0) is 30.3 Å². The first kappa shape index (κ1) is 18.1. The highest BCUT2D eigenvalue weighted by Crippen LogP contribution is 2.30. The fraction of sp³-hybridized carbons (Fsp3) is 0.0588. The van der Waals surface area contributed by atoms with E-state index in [4.69, 9.17) is 16.2 Å². The molecule has 3 rings (SSSR count). The maximum Gasteiger partial charge on any atom is 0.417 e. The highest BCUT2D eigenvalue weighted by atomic mass is 19.4. The molecule has 1 amide bonds. The van der Waals surface area contributed by atoms with E-state index in [2.05, 4.69) is 15.0 Å². The van der Waals surface area contributed by atoms with Crippen LogP contribution in [0.15, 0.2) is 48.7 Å². The summed E-state index contributed by atoms with van der Waals surface area (Å²) in [6.45, 7) is 0. The van der Waals surface area contributed by atoms with Gasteiger partial charge in [0.05, 0.1) is 5.56 Å². The number of hydrogen-bond acceptors (Lipinski definition) is 6. The van der Waals surface area contributed by atoms with Gasteiger partial charge in [-0.2, -0.15) is 13.2 Å². The van der Waals surface area contributed by atoms with Crippen LogP contribution in [-0.2, 0) is 6.18 Å².